The first-order valence-electron chi connectivity index (χ1n) is 9.44. The van der Waals surface area contributed by atoms with Crippen molar-refractivity contribution in [2.75, 3.05) is 14.1 Å². The number of carbonyl (C=O) groups excluding carboxylic acids is 2. The number of likely N-dealkylation sites (N-methyl/N-ethyl adjacent to an activating group) is 2. The topological polar surface area (TPSA) is 45.6 Å². The van der Waals surface area contributed by atoms with Crippen molar-refractivity contribution in [2.45, 2.75) is 13.5 Å². The summed E-state index contributed by atoms with van der Waals surface area (Å²) in [5, 5.41) is 1.86. The molecular weight excluding hydrogens is 418 g/mol. The van der Waals surface area contributed by atoms with E-state index in [4.69, 9.17) is 23.8 Å². The van der Waals surface area contributed by atoms with Crippen molar-refractivity contribution in [3.05, 3.63) is 75.9 Å². The SMILES string of the molecule is Cc1c(C=C2C(=O)N(C)C(=S)N(C)C2=O)c2ccccc2n1Cc1ccccc1Cl. The zero-order valence-electron chi connectivity index (χ0n) is 16.8. The molecular formula is C23H20ClN3O2S. The number of nitrogens with zero attached hydrogens (tertiary/aromatic N) is 3. The molecule has 0 N–H and O–H groups in total. The lowest BCUT2D eigenvalue weighted by atomic mass is 10.0. The van der Waals surface area contributed by atoms with Gasteiger partial charge in [-0.3, -0.25) is 19.4 Å². The van der Waals surface area contributed by atoms with Gasteiger partial charge in [-0.25, -0.2) is 0 Å². The second-order valence-corrected chi connectivity index (χ2v) is 8.04. The molecule has 0 unspecified atom stereocenters. The number of fused-ring (bicyclic) bond motifs is 1. The molecule has 1 aliphatic rings. The van der Waals surface area contributed by atoms with Crippen molar-refractivity contribution in [1.82, 2.24) is 14.4 Å². The Hall–Kier alpha value is -2.96. The first kappa shape index (κ1) is 20.3. The van der Waals surface area contributed by atoms with Crippen LogP contribution in [-0.4, -0.2) is 45.4 Å². The molecule has 0 aliphatic carbocycles. The summed E-state index contributed by atoms with van der Waals surface area (Å²) in [5.74, 6) is -0.795. The molecule has 5 nitrogen and oxygen atoms in total. The second-order valence-electron chi connectivity index (χ2n) is 7.26. The number of para-hydroxylation sites is 1. The van der Waals surface area contributed by atoms with Gasteiger partial charge in [0.25, 0.3) is 11.8 Å². The molecule has 152 valence electrons. The van der Waals surface area contributed by atoms with Crippen molar-refractivity contribution < 1.29 is 9.59 Å². The molecule has 0 spiro atoms. The van der Waals surface area contributed by atoms with E-state index < -0.39 is 11.8 Å². The number of benzene rings is 2. The highest BCUT2D eigenvalue weighted by atomic mass is 35.5. The van der Waals surface area contributed by atoms with Crippen LogP contribution in [0.5, 0.6) is 0 Å². The molecule has 0 saturated carbocycles. The van der Waals surface area contributed by atoms with Crippen molar-refractivity contribution in [3.8, 4) is 0 Å². The molecule has 1 aromatic heterocycles. The minimum absolute atomic E-state index is 0.0948. The van der Waals surface area contributed by atoms with Crippen molar-refractivity contribution in [1.29, 1.82) is 0 Å². The molecule has 30 heavy (non-hydrogen) atoms. The van der Waals surface area contributed by atoms with Gasteiger partial charge in [0.15, 0.2) is 5.11 Å². The molecule has 2 amide bonds. The van der Waals surface area contributed by atoms with E-state index in [2.05, 4.69) is 4.57 Å². The van der Waals surface area contributed by atoms with Crippen molar-refractivity contribution in [3.63, 3.8) is 0 Å². The van der Waals surface area contributed by atoms with Gasteiger partial charge in [0.1, 0.15) is 5.57 Å². The Morgan fingerprint density at radius 1 is 0.967 bits per heavy atom. The summed E-state index contributed by atoms with van der Waals surface area (Å²) in [6.07, 6.45) is 1.68. The third kappa shape index (κ3) is 3.22. The highest BCUT2D eigenvalue weighted by Gasteiger charge is 2.35. The fourth-order valence-corrected chi connectivity index (χ4v) is 4.12. The van der Waals surface area contributed by atoms with Gasteiger partial charge >= 0.3 is 0 Å². The summed E-state index contributed by atoms with van der Waals surface area (Å²) in [5.41, 5.74) is 3.88. The van der Waals surface area contributed by atoms with Crippen LogP contribution in [0.2, 0.25) is 5.02 Å². The van der Waals surface area contributed by atoms with Gasteiger partial charge < -0.3 is 4.57 Å². The van der Waals surface area contributed by atoms with Crippen molar-refractivity contribution >= 4 is 57.7 Å². The van der Waals surface area contributed by atoms with E-state index in [-0.39, 0.29) is 10.7 Å². The van der Waals surface area contributed by atoms with E-state index in [0.717, 1.165) is 27.7 Å². The maximum Gasteiger partial charge on any atom is 0.265 e. The molecule has 1 aliphatic heterocycles. The Morgan fingerprint density at radius 3 is 2.23 bits per heavy atom. The third-order valence-corrected chi connectivity index (χ3v) is 6.42. The molecule has 7 heteroatoms. The smallest absolute Gasteiger partial charge is 0.265 e. The highest BCUT2D eigenvalue weighted by molar-refractivity contribution is 7.80. The van der Waals surface area contributed by atoms with E-state index in [1.165, 1.54) is 9.80 Å². The highest BCUT2D eigenvalue weighted by Crippen LogP contribution is 2.31. The van der Waals surface area contributed by atoms with E-state index in [0.29, 0.717) is 11.6 Å². The first-order chi connectivity index (χ1) is 14.3. The average molecular weight is 438 g/mol. The van der Waals surface area contributed by atoms with Gasteiger partial charge in [-0.15, -0.1) is 0 Å². The molecule has 0 bridgehead atoms. The summed E-state index contributed by atoms with van der Waals surface area (Å²) in [6, 6.07) is 15.7. The maximum absolute atomic E-state index is 12.8. The maximum atomic E-state index is 12.8. The van der Waals surface area contributed by atoms with Gasteiger partial charge in [0.05, 0.1) is 0 Å². The van der Waals surface area contributed by atoms with Crippen LogP contribution >= 0.6 is 23.8 Å². The number of halogens is 1. The summed E-state index contributed by atoms with van der Waals surface area (Å²) < 4.78 is 2.15. The molecule has 2 heterocycles. The molecule has 0 atom stereocenters. The number of hydrogen-bond acceptors (Lipinski definition) is 3. The lowest BCUT2D eigenvalue weighted by Crippen LogP contribution is -2.52. The van der Waals surface area contributed by atoms with Crippen LogP contribution in [0.3, 0.4) is 0 Å². The van der Waals surface area contributed by atoms with E-state index >= 15 is 0 Å². The number of hydrogen-bond donors (Lipinski definition) is 0. The van der Waals surface area contributed by atoms with Gasteiger partial charge in [-0.2, -0.15) is 0 Å². The zero-order valence-corrected chi connectivity index (χ0v) is 18.4. The van der Waals surface area contributed by atoms with E-state index in [9.17, 15) is 9.59 Å². The summed E-state index contributed by atoms with van der Waals surface area (Å²) in [6.45, 7) is 2.57. The largest absolute Gasteiger partial charge is 0.340 e. The second kappa shape index (κ2) is 7.70. The van der Waals surface area contributed by atoms with Crippen LogP contribution in [0.4, 0.5) is 0 Å². The van der Waals surface area contributed by atoms with Crippen LogP contribution in [0.25, 0.3) is 17.0 Å². The Kier molecular flexibility index (Phi) is 5.22. The van der Waals surface area contributed by atoms with Gasteiger partial charge in [0, 0.05) is 47.8 Å². The third-order valence-electron chi connectivity index (χ3n) is 5.50. The summed E-state index contributed by atoms with van der Waals surface area (Å²) in [7, 11) is 3.16. The first-order valence-corrected chi connectivity index (χ1v) is 10.2. The fraction of sp³-hybridized carbons (Fsp3) is 0.174. The normalized spacial score (nSPS) is 14.8. The Labute approximate surface area is 185 Å². The minimum Gasteiger partial charge on any atom is -0.340 e. The van der Waals surface area contributed by atoms with Crippen LogP contribution in [-0.2, 0) is 16.1 Å². The average Bonchev–Trinajstić information content (AvgIpc) is 3.01. The summed E-state index contributed by atoms with van der Waals surface area (Å²) >= 11 is 11.6. The van der Waals surface area contributed by atoms with Gasteiger partial charge in [-0.05, 0) is 42.9 Å². The van der Waals surface area contributed by atoms with Crippen LogP contribution in [0.15, 0.2) is 54.1 Å². The molecule has 1 saturated heterocycles. The standard InChI is InChI=1S/C23H20ClN3O2S/c1-14-17(12-18-21(28)25(2)23(30)26(3)22(18)29)16-9-5-7-11-20(16)27(14)13-15-8-4-6-10-19(15)24/h4-12H,13H2,1-3H3. The molecule has 2 aromatic carbocycles. The lowest BCUT2D eigenvalue weighted by Gasteiger charge is -2.31. The van der Waals surface area contributed by atoms with E-state index in [1.54, 1.807) is 20.2 Å². The van der Waals surface area contributed by atoms with Crippen LogP contribution in [0, 0.1) is 6.92 Å². The van der Waals surface area contributed by atoms with Gasteiger partial charge in [0.2, 0.25) is 0 Å². The van der Waals surface area contributed by atoms with E-state index in [1.807, 2.05) is 55.5 Å². The molecule has 1 fully saturated rings. The minimum atomic E-state index is -0.398. The quantitative estimate of drug-likeness (QED) is 0.349. The van der Waals surface area contributed by atoms with Crippen molar-refractivity contribution in [2.24, 2.45) is 0 Å². The number of thiocarbonyl (C=S) groups is 1. The zero-order chi connectivity index (χ0) is 21.6. The monoisotopic (exact) mass is 437 g/mol. The predicted octanol–water partition coefficient (Wildman–Crippen LogP) is 4.25. The molecule has 3 aromatic rings. The molecule has 4 rings (SSSR count). The Bertz CT molecular complexity index is 1220. The van der Waals surface area contributed by atoms with Gasteiger partial charge in [-0.1, -0.05) is 48.0 Å². The Morgan fingerprint density at radius 2 is 1.57 bits per heavy atom. The number of rotatable bonds is 3. The fourth-order valence-electron chi connectivity index (χ4n) is 3.76. The predicted molar refractivity (Wildman–Crippen MR) is 123 cm³/mol. The lowest BCUT2D eigenvalue weighted by molar-refractivity contribution is -0.132. The number of carbonyl (C=O) groups is 2. The Balaban J connectivity index is 1.89. The summed E-state index contributed by atoms with van der Waals surface area (Å²) in [4.78, 5) is 28.2. The van der Waals surface area contributed by atoms with Crippen LogP contribution < -0.4 is 0 Å². The molecule has 0 radical (unpaired) electrons. The number of aromatic nitrogens is 1. The van der Waals surface area contributed by atoms with Crippen LogP contribution in [0.1, 0.15) is 16.8 Å². The number of amides is 2.